The van der Waals surface area contributed by atoms with E-state index in [0.717, 1.165) is 12.8 Å². The molecule has 0 saturated heterocycles. The summed E-state index contributed by atoms with van der Waals surface area (Å²) in [4.78, 5) is 32.9. The molecular formula is C18H31K2NO5. The number of nitrogens with one attached hydrogen (secondary N) is 1. The molecule has 1 N–H and O–H groups in total. The van der Waals surface area contributed by atoms with E-state index in [0.29, 0.717) is 6.42 Å². The van der Waals surface area contributed by atoms with Crippen LogP contribution in [0.15, 0.2) is 0 Å². The van der Waals surface area contributed by atoms with Crippen molar-refractivity contribution in [2.24, 2.45) is 0 Å². The Morgan fingerprint density at radius 3 is 1.65 bits per heavy atom. The van der Waals surface area contributed by atoms with Crippen molar-refractivity contribution in [3.63, 3.8) is 0 Å². The van der Waals surface area contributed by atoms with Gasteiger partial charge in [0.2, 0.25) is 5.91 Å². The van der Waals surface area contributed by atoms with Crippen LogP contribution in [0, 0.1) is 0 Å². The maximum atomic E-state index is 11.7. The number of hydrogen-bond donors (Lipinski definition) is 1. The molecule has 0 rings (SSSR count). The molecule has 26 heavy (non-hydrogen) atoms. The summed E-state index contributed by atoms with van der Waals surface area (Å²) in [6.07, 6.45) is 11.2. The van der Waals surface area contributed by atoms with E-state index in [1.165, 1.54) is 44.9 Å². The number of amides is 1. The van der Waals surface area contributed by atoms with E-state index in [1.807, 2.05) is 0 Å². The molecular weight excluding hydrogens is 388 g/mol. The van der Waals surface area contributed by atoms with Gasteiger partial charge in [0.15, 0.2) is 0 Å². The van der Waals surface area contributed by atoms with Gasteiger partial charge in [-0.2, -0.15) is 0 Å². The van der Waals surface area contributed by atoms with Crippen molar-refractivity contribution in [1.29, 1.82) is 0 Å². The van der Waals surface area contributed by atoms with Crippen LogP contribution in [-0.2, 0) is 14.4 Å². The van der Waals surface area contributed by atoms with E-state index in [4.69, 9.17) is 0 Å². The molecule has 0 aliphatic heterocycles. The fourth-order valence-corrected chi connectivity index (χ4v) is 2.55. The molecule has 1 unspecified atom stereocenters. The average molecular weight is 420 g/mol. The summed E-state index contributed by atoms with van der Waals surface area (Å²) < 4.78 is 0. The quantitative estimate of drug-likeness (QED) is 0.199. The van der Waals surface area contributed by atoms with Crippen LogP contribution >= 0.6 is 0 Å². The third kappa shape index (κ3) is 22.0. The fourth-order valence-electron chi connectivity index (χ4n) is 2.55. The zero-order valence-electron chi connectivity index (χ0n) is 16.8. The maximum absolute atomic E-state index is 11.7. The summed E-state index contributed by atoms with van der Waals surface area (Å²) in [6.45, 7) is 2.20. The predicted molar refractivity (Wildman–Crippen MR) is 87.6 cm³/mol. The molecule has 0 aliphatic carbocycles. The van der Waals surface area contributed by atoms with E-state index in [-0.39, 0.29) is 122 Å². The van der Waals surface area contributed by atoms with Gasteiger partial charge < -0.3 is 25.1 Å². The van der Waals surface area contributed by atoms with Crippen molar-refractivity contribution >= 4 is 17.8 Å². The van der Waals surface area contributed by atoms with E-state index >= 15 is 0 Å². The molecule has 8 heteroatoms. The van der Waals surface area contributed by atoms with Crippen LogP contribution in [0.1, 0.15) is 90.4 Å². The van der Waals surface area contributed by atoms with Gasteiger partial charge in [-0.1, -0.05) is 64.7 Å². The van der Waals surface area contributed by atoms with Gasteiger partial charge in [-0.05, 0) is 19.3 Å². The first kappa shape index (κ1) is 32.4. The second kappa shape index (κ2) is 23.0. The molecule has 0 radical (unpaired) electrons. The molecule has 0 aromatic carbocycles. The van der Waals surface area contributed by atoms with Crippen LogP contribution in [0.4, 0.5) is 0 Å². The van der Waals surface area contributed by atoms with Crippen LogP contribution in [0.3, 0.4) is 0 Å². The first-order valence-corrected chi connectivity index (χ1v) is 9.17. The predicted octanol–water partition coefficient (Wildman–Crippen LogP) is -4.93. The number of aliphatic carboxylic acids is 2. The second-order valence-corrected chi connectivity index (χ2v) is 6.28. The third-order valence-electron chi connectivity index (χ3n) is 4.01. The Balaban J connectivity index is -0.00000264. The molecule has 1 amide bonds. The Labute approximate surface area is 242 Å². The minimum Gasteiger partial charge on any atom is -0.550 e. The van der Waals surface area contributed by atoms with Gasteiger partial charge >= 0.3 is 103 Å². The first-order valence-electron chi connectivity index (χ1n) is 9.17. The first-order chi connectivity index (χ1) is 11.5. The Morgan fingerprint density at radius 1 is 0.769 bits per heavy atom. The molecule has 0 bridgehead atoms. The zero-order chi connectivity index (χ0) is 18.2. The van der Waals surface area contributed by atoms with Crippen molar-refractivity contribution < 1.29 is 127 Å². The number of carboxylic acids is 2. The summed E-state index contributed by atoms with van der Waals surface area (Å²) in [5.41, 5.74) is 0. The molecule has 0 saturated carbocycles. The fraction of sp³-hybridized carbons (Fsp3) is 0.833. The van der Waals surface area contributed by atoms with Gasteiger partial charge in [-0.25, -0.2) is 0 Å². The van der Waals surface area contributed by atoms with Crippen molar-refractivity contribution in [3.8, 4) is 0 Å². The largest absolute Gasteiger partial charge is 1.00 e. The van der Waals surface area contributed by atoms with E-state index in [9.17, 15) is 24.6 Å². The Morgan fingerprint density at radius 2 is 1.23 bits per heavy atom. The van der Waals surface area contributed by atoms with Crippen molar-refractivity contribution in [2.75, 3.05) is 0 Å². The van der Waals surface area contributed by atoms with E-state index in [1.54, 1.807) is 0 Å². The molecule has 6 nitrogen and oxygen atoms in total. The molecule has 0 aromatic heterocycles. The molecule has 0 heterocycles. The molecule has 1 atom stereocenters. The van der Waals surface area contributed by atoms with Crippen molar-refractivity contribution in [3.05, 3.63) is 0 Å². The van der Waals surface area contributed by atoms with E-state index in [2.05, 4.69) is 12.2 Å². The number of carboxylic acid groups (broad SMARTS) is 2. The minimum atomic E-state index is -1.47. The van der Waals surface area contributed by atoms with Gasteiger partial charge in [0.1, 0.15) is 0 Å². The summed E-state index contributed by atoms with van der Waals surface area (Å²) >= 11 is 0. The maximum Gasteiger partial charge on any atom is 1.00 e. The Hall–Kier alpha value is 1.68. The molecule has 0 spiro atoms. The topological polar surface area (TPSA) is 109 Å². The molecule has 140 valence electrons. The molecule has 0 aliphatic rings. The summed E-state index contributed by atoms with van der Waals surface area (Å²) in [5.74, 6) is -3.18. The van der Waals surface area contributed by atoms with Gasteiger partial charge in [0.05, 0.1) is 12.0 Å². The summed E-state index contributed by atoms with van der Waals surface area (Å²) in [7, 11) is 0. The van der Waals surface area contributed by atoms with Crippen LogP contribution in [0.5, 0.6) is 0 Å². The monoisotopic (exact) mass is 419 g/mol. The molecule has 0 fully saturated rings. The summed E-state index contributed by atoms with van der Waals surface area (Å²) in [6, 6.07) is -1.27. The molecule has 0 aromatic rings. The van der Waals surface area contributed by atoms with Crippen LogP contribution in [-0.4, -0.2) is 23.9 Å². The van der Waals surface area contributed by atoms with Gasteiger partial charge in [0, 0.05) is 12.4 Å². The van der Waals surface area contributed by atoms with Gasteiger partial charge in [-0.15, -0.1) is 0 Å². The Bertz CT molecular complexity index is 381. The van der Waals surface area contributed by atoms with Crippen LogP contribution in [0.2, 0.25) is 0 Å². The standard InChI is InChI=1S/C18H33NO5.2K/c1-2-3-4-5-6-7-8-9-10-11-12-16(20)19-15(18(23)24)13-14-17(21)22;;/h15H,2-14H2,1H3,(H,19,20)(H,21,22)(H,23,24);;/q;2*+1/p-2. The number of unbranched alkanes of at least 4 members (excludes halogenated alkanes) is 9. The van der Waals surface area contributed by atoms with Crippen molar-refractivity contribution in [1.82, 2.24) is 5.32 Å². The third-order valence-corrected chi connectivity index (χ3v) is 4.01. The Kier molecular flexibility index (Phi) is 28.6. The van der Waals surface area contributed by atoms with Gasteiger partial charge in [0.25, 0.3) is 0 Å². The summed E-state index contributed by atoms with van der Waals surface area (Å²) in [5, 5.41) is 23.5. The van der Waals surface area contributed by atoms with Crippen molar-refractivity contribution in [2.45, 2.75) is 96.4 Å². The van der Waals surface area contributed by atoms with Gasteiger partial charge in [-0.3, -0.25) is 4.79 Å². The second-order valence-electron chi connectivity index (χ2n) is 6.28. The minimum absolute atomic E-state index is 0. The van der Waals surface area contributed by atoms with E-state index < -0.39 is 24.4 Å². The van der Waals surface area contributed by atoms with Crippen LogP contribution in [0.25, 0.3) is 0 Å². The SMILES string of the molecule is CCCCCCCCCCCCC(=O)NC(CCC(=O)[O-])C(=O)[O-].[K+].[K+]. The number of rotatable bonds is 16. The smallest absolute Gasteiger partial charge is 0.550 e. The number of hydrogen-bond acceptors (Lipinski definition) is 5. The number of carbonyl (C=O) groups is 3. The normalized spacial score (nSPS) is 11.0. The number of carbonyl (C=O) groups excluding carboxylic acids is 3. The van der Waals surface area contributed by atoms with Crippen LogP contribution < -0.4 is 118 Å². The zero-order valence-corrected chi connectivity index (χ0v) is 23.1. The average Bonchev–Trinajstić information content (AvgIpc) is 2.52.